The fourth-order valence-electron chi connectivity index (χ4n) is 2.25. The van der Waals surface area contributed by atoms with Crippen LogP contribution in [-0.2, 0) is 19.6 Å². The fourth-order valence-corrected chi connectivity index (χ4v) is 4.92. The molecule has 0 amide bonds. The number of carbonyl (C=O) groups excluding carboxylic acids is 1. The Kier molecular flexibility index (Phi) is 6.89. The minimum absolute atomic E-state index is 0.115. The predicted octanol–water partition coefficient (Wildman–Crippen LogP) is 0.753. The van der Waals surface area contributed by atoms with Crippen LogP contribution in [0, 0.1) is 0 Å². The Bertz CT molecular complexity index is 485. The molecule has 1 saturated heterocycles. The van der Waals surface area contributed by atoms with Gasteiger partial charge in [-0.3, -0.25) is 4.79 Å². The van der Waals surface area contributed by atoms with Crippen LogP contribution in [-0.4, -0.2) is 60.1 Å². The summed E-state index contributed by atoms with van der Waals surface area (Å²) in [6, 6.07) is 0. The van der Waals surface area contributed by atoms with Gasteiger partial charge in [0.2, 0.25) is 10.0 Å². The van der Waals surface area contributed by atoms with Gasteiger partial charge in [0.15, 0.2) is 0 Å². The first-order valence-electron chi connectivity index (χ1n) is 6.76. The standard InChI is InChI=1S/C12H22N2O4S3/c1-3-18-10(15)4-9-21(16,17)14-7-5-12(20-2,6-8-14)11(13)19/h3-9H2,1-2H3,(H2,13,19). The monoisotopic (exact) mass is 354 g/mol. The number of hydrogen-bond donors (Lipinski definition) is 1. The second-order valence-electron chi connectivity index (χ2n) is 4.83. The van der Waals surface area contributed by atoms with E-state index in [0.717, 1.165) is 0 Å². The Morgan fingerprint density at radius 2 is 2.00 bits per heavy atom. The quantitative estimate of drug-likeness (QED) is 0.533. The molecule has 0 saturated carbocycles. The second-order valence-corrected chi connectivity index (χ2v) is 8.55. The summed E-state index contributed by atoms with van der Waals surface area (Å²) in [5.41, 5.74) is 5.78. The van der Waals surface area contributed by atoms with Gasteiger partial charge in [-0.15, -0.1) is 0 Å². The minimum Gasteiger partial charge on any atom is -0.466 e. The molecular formula is C12H22N2O4S3. The molecule has 0 spiro atoms. The lowest BCUT2D eigenvalue weighted by molar-refractivity contribution is -0.142. The molecule has 1 aliphatic rings. The minimum atomic E-state index is -3.44. The van der Waals surface area contributed by atoms with E-state index in [4.69, 9.17) is 22.7 Å². The van der Waals surface area contributed by atoms with Crippen LogP contribution in [0.15, 0.2) is 0 Å². The maximum absolute atomic E-state index is 12.2. The van der Waals surface area contributed by atoms with Crippen LogP contribution in [0.2, 0.25) is 0 Å². The van der Waals surface area contributed by atoms with Crippen LogP contribution < -0.4 is 5.73 Å². The van der Waals surface area contributed by atoms with Gasteiger partial charge in [-0.1, -0.05) is 12.2 Å². The molecule has 0 atom stereocenters. The normalized spacial score (nSPS) is 19.1. The van der Waals surface area contributed by atoms with Gasteiger partial charge in [0.25, 0.3) is 0 Å². The molecule has 0 bridgehead atoms. The van der Waals surface area contributed by atoms with Crippen molar-refractivity contribution < 1.29 is 17.9 Å². The Balaban J connectivity index is 2.60. The molecule has 2 N–H and O–H groups in total. The number of nitrogens with two attached hydrogens (primary N) is 1. The van der Waals surface area contributed by atoms with Crippen LogP contribution in [0.4, 0.5) is 0 Å². The number of hydrogen-bond acceptors (Lipinski definition) is 6. The number of sulfonamides is 1. The van der Waals surface area contributed by atoms with Crippen molar-refractivity contribution in [2.75, 3.05) is 31.7 Å². The van der Waals surface area contributed by atoms with Crippen LogP contribution in [0.5, 0.6) is 0 Å². The molecule has 122 valence electrons. The molecule has 0 radical (unpaired) electrons. The molecule has 21 heavy (non-hydrogen) atoms. The maximum Gasteiger partial charge on any atom is 0.306 e. The van der Waals surface area contributed by atoms with Crippen molar-refractivity contribution in [1.82, 2.24) is 4.31 Å². The topological polar surface area (TPSA) is 89.7 Å². The van der Waals surface area contributed by atoms with Crippen molar-refractivity contribution in [2.24, 2.45) is 5.73 Å². The van der Waals surface area contributed by atoms with Gasteiger partial charge in [-0.05, 0) is 26.0 Å². The molecule has 0 aromatic heterocycles. The number of thioether (sulfide) groups is 1. The van der Waals surface area contributed by atoms with Gasteiger partial charge < -0.3 is 10.5 Å². The van der Waals surface area contributed by atoms with Crippen LogP contribution in [0.1, 0.15) is 26.2 Å². The third-order valence-corrected chi connectivity index (χ3v) is 7.43. The van der Waals surface area contributed by atoms with Crippen LogP contribution in [0.3, 0.4) is 0 Å². The molecule has 0 aliphatic carbocycles. The van der Waals surface area contributed by atoms with E-state index in [0.29, 0.717) is 30.9 Å². The average molecular weight is 355 g/mol. The fraction of sp³-hybridized carbons (Fsp3) is 0.833. The summed E-state index contributed by atoms with van der Waals surface area (Å²) in [6.07, 6.45) is 3.02. The van der Waals surface area contributed by atoms with E-state index >= 15 is 0 Å². The van der Waals surface area contributed by atoms with E-state index in [1.807, 2.05) is 6.26 Å². The van der Waals surface area contributed by atoms with Gasteiger partial charge >= 0.3 is 5.97 Å². The predicted molar refractivity (Wildman–Crippen MR) is 88.9 cm³/mol. The van der Waals surface area contributed by atoms with Gasteiger partial charge in [0.05, 0.1) is 28.5 Å². The van der Waals surface area contributed by atoms with E-state index in [2.05, 4.69) is 0 Å². The molecule has 1 rings (SSSR count). The van der Waals surface area contributed by atoms with Gasteiger partial charge in [0, 0.05) is 13.1 Å². The molecule has 9 heteroatoms. The summed E-state index contributed by atoms with van der Waals surface area (Å²) in [4.78, 5) is 11.7. The summed E-state index contributed by atoms with van der Waals surface area (Å²) >= 11 is 6.68. The Morgan fingerprint density at radius 3 is 2.43 bits per heavy atom. The zero-order valence-corrected chi connectivity index (χ0v) is 14.8. The molecular weight excluding hydrogens is 332 g/mol. The third-order valence-electron chi connectivity index (χ3n) is 3.63. The van der Waals surface area contributed by atoms with Crippen LogP contribution >= 0.6 is 24.0 Å². The number of piperidine rings is 1. The zero-order valence-electron chi connectivity index (χ0n) is 12.3. The van der Waals surface area contributed by atoms with Gasteiger partial charge in [-0.2, -0.15) is 11.8 Å². The number of carbonyl (C=O) groups is 1. The summed E-state index contributed by atoms with van der Waals surface area (Å²) in [5.74, 6) is -0.703. The van der Waals surface area contributed by atoms with E-state index in [9.17, 15) is 13.2 Å². The van der Waals surface area contributed by atoms with E-state index in [1.165, 1.54) is 4.31 Å². The highest BCUT2D eigenvalue weighted by Gasteiger charge is 2.39. The summed E-state index contributed by atoms with van der Waals surface area (Å²) in [5, 5.41) is 0. The Hall–Kier alpha value is -0.380. The first-order chi connectivity index (χ1) is 9.77. The van der Waals surface area contributed by atoms with E-state index in [-0.39, 0.29) is 23.5 Å². The van der Waals surface area contributed by atoms with E-state index < -0.39 is 16.0 Å². The summed E-state index contributed by atoms with van der Waals surface area (Å²) < 4.78 is 30.3. The van der Waals surface area contributed by atoms with Gasteiger partial charge in [0.1, 0.15) is 0 Å². The zero-order chi connectivity index (χ0) is 16.1. The van der Waals surface area contributed by atoms with Gasteiger partial charge in [-0.25, -0.2) is 12.7 Å². The van der Waals surface area contributed by atoms with Crippen molar-refractivity contribution >= 4 is 45.0 Å². The number of esters is 1. The van der Waals surface area contributed by atoms with E-state index in [1.54, 1.807) is 18.7 Å². The molecule has 0 unspecified atom stereocenters. The molecule has 1 fully saturated rings. The molecule has 0 aromatic rings. The number of rotatable bonds is 7. The highest BCUT2D eigenvalue weighted by atomic mass is 32.2. The largest absolute Gasteiger partial charge is 0.466 e. The van der Waals surface area contributed by atoms with Crippen molar-refractivity contribution in [3.05, 3.63) is 0 Å². The highest BCUT2D eigenvalue weighted by Crippen LogP contribution is 2.35. The Labute approximate surface area is 135 Å². The Morgan fingerprint density at radius 1 is 1.43 bits per heavy atom. The summed E-state index contributed by atoms with van der Waals surface area (Å²) in [7, 11) is -3.44. The molecule has 1 heterocycles. The second kappa shape index (κ2) is 7.75. The lowest BCUT2D eigenvalue weighted by atomic mass is 9.97. The average Bonchev–Trinajstić information content (AvgIpc) is 2.45. The van der Waals surface area contributed by atoms with Crippen molar-refractivity contribution in [1.29, 1.82) is 0 Å². The first-order valence-corrected chi connectivity index (χ1v) is 10.00. The molecule has 0 aromatic carbocycles. The van der Waals surface area contributed by atoms with Crippen molar-refractivity contribution in [2.45, 2.75) is 30.9 Å². The maximum atomic E-state index is 12.2. The lowest BCUT2D eigenvalue weighted by Crippen LogP contribution is -2.51. The third kappa shape index (κ3) is 4.80. The van der Waals surface area contributed by atoms with Crippen LogP contribution in [0.25, 0.3) is 0 Å². The first kappa shape index (κ1) is 18.7. The number of thiocarbonyl (C=S) groups is 1. The number of nitrogens with zero attached hydrogens (tertiary/aromatic N) is 1. The summed E-state index contributed by atoms with van der Waals surface area (Å²) in [6.45, 7) is 2.70. The molecule has 6 nitrogen and oxygen atoms in total. The smallest absolute Gasteiger partial charge is 0.306 e. The SMILES string of the molecule is CCOC(=O)CCS(=O)(=O)N1CCC(SC)(C(N)=S)CC1. The van der Waals surface area contributed by atoms with Crippen molar-refractivity contribution in [3.8, 4) is 0 Å². The lowest BCUT2D eigenvalue weighted by Gasteiger charge is -2.39. The van der Waals surface area contributed by atoms with Crippen molar-refractivity contribution in [3.63, 3.8) is 0 Å². The highest BCUT2D eigenvalue weighted by molar-refractivity contribution is 8.02. The molecule has 1 aliphatic heterocycles. The number of ether oxygens (including phenoxy) is 1.